The second-order valence-electron chi connectivity index (χ2n) is 9.25. The van der Waals surface area contributed by atoms with Crippen molar-refractivity contribution in [3.05, 3.63) is 59.7 Å². The molecule has 1 heterocycles. The number of carbonyl (C=O) groups excluding carboxylic acids is 2. The number of alkyl carbamates (subject to hydrolysis) is 1. The van der Waals surface area contributed by atoms with E-state index in [0.717, 1.165) is 28.7 Å². The van der Waals surface area contributed by atoms with Crippen LogP contribution in [0.2, 0.25) is 0 Å². The lowest BCUT2D eigenvalue weighted by Crippen LogP contribution is -2.54. The number of piperidine rings is 1. The van der Waals surface area contributed by atoms with Crippen LogP contribution in [0.1, 0.15) is 56.6 Å². The largest absolute Gasteiger partial charge is 0.481 e. The minimum atomic E-state index is -0.819. The highest BCUT2D eigenvalue weighted by Gasteiger charge is 2.36. The summed E-state index contributed by atoms with van der Waals surface area (Å²) in [6, 6.07) is 15.4. The Morgan fingerprint density at radius 2 is 1.71 bits per heavy atom. The van der Waals surface area contributed by atoms with Crippen LogP contribution in [-0.4, -0.2) is 53.2 Å². The lowest BCUT2D eigenvalue weighted by Gasteiger charge is -2.38. The van der Waals surface area contributed by atoms with E-state index in [9.17, 15) is 19.5 Å². The van der Waals surface area contributed by atoms with Gasteiger partial charge in [0.15, 0.2) is 0 Å². The number of benzene rings is 2. The maximum absolute atomic E-state index is 13.2. The quantitative estimate of drug-likeness (QED) is 0.633. The molecule has 1 aliphatic heterocycles. The third kappa shape index (κ3) is 4.79. The van der Waals surface area contributed by atoms with Crippen LogP contribution in [-0.2, 0) is 14.3 Å². The summed E-state index contributed by atoms with van der Waals surface area (Å²) in [6.07, 6.45) is 1.45. The van der Waals surface area contributed by atoms with Gasteiger partial charge in [-0.2, -0.15) is 0 Å². The van der Waals surface area contributed by atoms with Gasteiger partial charge in [-0.1, -0.05) is 61.9 Å². The molecule has 0 unspecified atom stereocenters. The number of aliphatic carboxylic acids is 1. The van der Waals surface area contributed by atoms with Crippen LogP contribution in [0.25, 0.3) is 11.1 Å². The van der Waals surface area contributed by atoms with E-state index in [-0.39, 0.29) is 24.5 Å². The topological polar surface area (TPSA) is 95.9 Å². The van der Waals surface area contributed by atoms with Crippen molar-refractivity contribution in [2.45, 2.75) is 57.5 Å². The highest BCUT2D eigenvalue weighted by Crippen LogP contribution is 2.44. The number of nitrogens with one attached hydrogen (secondary N) is 1. The van der Waals surface area contributed by atoms with Crippen LogP contribution in [0.5, 0.6) is 0 Å². The first-order valence-electron chi connectivity index (χ1n) is 12.1. The zero-order valence-electron chi connectivity index (χ0n) is 19.7. The van der Waals surface area contributed by atoms with E-state index < -0.39 is 24.0 Å². The first-order valence-corrected chi connectivity index (χ1v) is 12.1. The molecular weight excluding hydrogens is 432 g/mol. The molecule has 1 aliphatic carbocycles. The number of hydrogen-bond donors (Lipinski definition) is 2. The Kier molecular flexibility index (Phi) is 7.20. The van der Waals surface area contributed by atoms with Crippen molar-refractivity contribution in [2.75, 3.05) is 13.2 Å². The summed E-state index contributed by atoms with van der Waals surface area (Å²) in [5.41, 5.74) is 4.58. The van der Waals surface area contributed by atoms with E-state index in [1.54, 1.807) is 4.90 Å². The molecule has 7 heteroatoms. The highest BCUT2D eigenvalue weighted by atomic mass is 16.5. The van der Waals surface area contributed by atoms with Crippen molar-refractivity contribution < 1.29 is 24.2 Å². The summed E-state index contributed by atoms with van der Waals surface area (Å²) >= 11 is 0. The first kappa shape index (κ1) is 23.8. The molecule has 180 valence electrons. The van der Waals surface area contributed by atoms with Gasteiger partial charge in [0.25, 0.3) is 0 Å². The molecule has 0 radical (unpaired) electrons. The Balaban J connectivity index is 1.39. The SMILES string of the molecule is CCC[C@@H](NC(=O)OCC1c2ccccc2-c2ccccc21)C(=O)N1CC[C@@H](C(=O)O)C[C@H]1C. The van der Waals surface area contributed by atoms with Crippen molar-refractivity contribution in [3.8, 4) is 11.1 Å². The molecule has 1 saturated heterocycles. The average Bonchev–Trinajstić information content (AvgIpc) is 3.15. The second kappa shape index (κ2) is 10.3. The predicted octanol–water partition coefficient (Wildman–Crippen LogP) is 4.41. The Hall–Kier alpha value is -3.35. The molecule has 4 rings (SSSR count). The molecule has 2 aromatic rings. The Morgan fingerprint density at radius 1 is 1.09 bits per heavy atom. The highest BCUT2D eigenvalue weighted by molar-refractivity contribution is 5.86. The maximum atomic E-state index is 13.2. The second-order valence-corrected chi connectivity index (χ2v) is 9.25. The van der Waals surface area contributed by atoms with Crippen molar-refractivity contribution >= 4 is 18.0 Å². The summed E-state index contributed by atoms with van der Waals surface area (Å²) in [6.45, 7) is 4.39. The van der Waals surface area contributed by atoms with Gasteiger partial charge >= 0.3 is 12.1 Å². The number of nitrogens with zero attached hydrogens (tertiary/aromatic N) is 1. The normalized spacial score (nSPS) is 20.2. The van der Waals surface area contributed by atoms with Crippen molar-refractivity contribution in [1.82, 2.24) is 10.2 Å². The summed E-state index contributed by atoms with van der Waals surface area (Å²) in [5, 5.41) is 12.1. The standard InChI is InChI=1S/C27H32N2O5/c1-3-8-24(25(30)29-14-13-18(26(31)32)15-17(29)2)28-27(33)34-16-23-21-11-6-4-9-19(21)20-10-5-7-12-22(20)23/h4-7,9-12,17-18,23-24H,3,8,13-16H2,1-2H3,(H,28,33)(H,31,32)/t17-,18-,24-/m1/s1. The number of likely N-dealkylation sites (tertiary alicyclic amines) is 1. The number of carboxylic acids is 1. The van der Waals surface area contributed by atoms with E-state index in [2.05, 4.69) is 29.6 Å². The van der Waals surface area contributed by atoms with Gasteiger partial charge in [-0.25, -0.2) is 4.79 Å². The maximum Gasteiger partial charge on any atom is 0.407 e. The average molecular weight is 465 g/mol. The van der Waals surface area contributed by atoms with Crippen molar-refractivity contribution in [3.63, 3.8) is 0 Å². The number of hydrogen-bond acceptors (Lipinski definition) is 4. The minimum Gasteiger partial charge on any atom is -0.481 e. The Morgan fingerprint density at radius 3 is 2.26 bits per heavy atom. The molecule has 7 nitrogen and oxygen atoms in total. The van der Waals surface area contributed by atoms with Crippen LogP contribution in [0.4, 0.5) is 4.79 Å². The number of ether oxygens (including phenoxy) is 1. The zero-order valence-corrected chi connectivity index (χ0v) is 19.7. The molecule has 3 atom stereocenters. The Labute approximate surface area is 200 Å². The summed E-state index contributed by atoms with van der Waals surface area (Å²) < 4.78 is 5.63. The molecule has 0 saturated carbocycles. The summed E-state index contributed by atoms with van der Waals surface area (Å²) in [5.74, 6) is -1.47. The van der Waals surface area contributed by atoms with Gasteiger partial charge in [0.1, 0.15) is 12.6 Å². The fourth-order valence-electron chi connectivity index (χ4n) is 5.25. The third-order valence-electron chi connectivity index (χ3n) is 7.02. The monoisotopic (exact) mass is 464 g/mol. The van der Waals surface area contributed by atoms with Crippen molar-refractivity contribution in [2.24, 2.45) is 5.92 Å². The molecule has 2 amide bonds. The van der Waals surface area contributed by atoms with E-state index in [0.29, 0.717) is 25.8 Å². The van der Waals surface area contributed by atoms with E-state index >= 15 is 0 Å². The molecule has 1 fully saturated rings. The van der Waals surface area contributed by atoms with Gasteiger partial charge in [-0.15, -0.1) is 0 Å². The fraction of sp³-hybridized carbons (Fsp3) is 0.444. The number of rotatable bonds is 7. The van der Waals surface area contributed by atoms with Gasteiger partial charge in [0.05, 0.1) is 5.92 Å². The number of amides is 2. The molecule has 2 N–H and O–H groups in total. The smallest absolute Gasteiger partial charge is 0.407 e. The molecule has 2 aliphatic rings. The molecule has 0 aromatic heterocycles. The molecule has 0 spiro atoms. The number of carboxylic acid groups (broad SMARTS) is 1. The molecule has 2 aromatic carbocycles. The Bertz CT molecular complexity index is 1020. The van der Waals surface area contributed by atoms with E-state index in [1.807, 2.05) is 38.1 Å². The molecule has 34 heavy (non-hydrogen) atoms. The van der Waals surface area contributed by atoms with E-state index in [1.165, 1.54) is 0 Å². The minimum absolute atomic E-state index is 0.0476. The third-order valence-corrected chi connectivity index (χ3v) is 7.02. The zero-order chi connectivity index (χ0) is 24.2. The van der Waals surface area contributed by atoms with E-state index in [4.69, 9.17) is 4.74 Å². The lowest BCUT2D eigenvalue weighted by atomic mass is 9.91. The van der Waals surface area contributed by atoms with Crippen molar-refractivity contribution in [1.29, 1.82) is 0 Å². The molecular formula is C27H32N2O5. The van der Waals surface area contributed by atoms with Gasteiger partial charge in [-0.3, -0.25) is 9.59 Å². The number of carbonyl (C=O) groups is 3. The van der Waals surface area contributed by atoms with Crippen LogP contribution < -0.4 is 5.32 Å². The summed E-state index contributed by atoms with van der Waals surface area (Å²) in [4.78, 5) is 39.0. The van der Waals surface area contributed by atoms with Crippen LogP contribution in [0, 0.1) is 5.92 Å². The van der Waals surface area contributed by atoms with Gasteiger partial charge in [-0.05, 0) is 48.4 Å². The molecule has 0 bridgehead atoms. The lowest BCUT2D eigenvalue weighted by molar-refractivity contribution is -0.148. The van der Waals surface area contributed by atoms with Gasteiger partial charge in [0.2, 0.25) is 5.91 Å². The van der Waals surface area contributed by atoms with Crippen LogP contribution in [0.15, 0.2) is 48.5 Å². The predicted molar refractivity (Wildman–Crippen MR) is 128 cm³/mol. The van der Waals surface area contributed by atoms with Crippen LogP contribution >= 0.6 is 0 Å². The summed E-state index contributed by atoms with van der Waals surface area (Å²) in [7, 11) is 0. The van der Waals surface area contributed by atoms with Crippen LogP contribution in [0.3, 0.4) is 0 Å². The van der Waals surface area contributed by atoms with Gasteiger partial charge in [0, 0.05) is 18.5 Å². The first-order chi connectivity index (χ1) is 16.4. The number of fused-ring (bicyclic) bond motifs is 3. The fourth-order valence-corrected chi connectivity index (χ4v) is 5.25. The van der Waals surface area contributed by atoms with Gasteiger partial charge < -0.3 is 20.1 Å².